The maximum Gasteiger partial charge on any atom is 0.270 e. The van der Waals surface area contributed by atoms with Crippen molar-refractivity contribution in [3.63, 3.8) is 0 Å². The maximum atomic E-state index is 12.3. The molecule has 3 rings (SSSR count). The molecular weight excluding hydrogens is 316 g/mol. The van der Waals surface area contributed by atoms with E-state index in [1.54, 1.807) is 13.2 Å². The molecule has 2 aromatic carbocycles. The average Bonchev–Trinajstić information content (AvgIpc) is 2.68. The van der Waals surface area contributed by atoms with Crippen LogP contribution >= 0.6 is 0 Å². The second-order valence-corrected chi connectivity index (χ2v) is 5.31. The zero-order valence-electron chi connectivity index (χ0n) is 13.8. The highest BCUT2D eigenvalue weighted by molar-refractivity contribution is 5.92. The van der Waals surface area contributed by atoms with E-state index in [4.69, 9.17) is 4.74 Å². The van der Waals surface area contributed by atoms with E-state index >= 15 is 0 Å². The molecule has 0 saturated carbocycles. The molecule has 0 aliphatic carbocycles. The van der Waals surface area contributed by atoms with Gasteiger partial charge in [-0.1, -0.05) is 30.3 Å². The molecule has 0 radical (unpaired) electrons. The number of aromatic nitrogens is 2. The normalized spacial score (nSPS) is 10.1. The SMILES string of the molecule is COc1ccc(Nc2cc(C(=O)NCc3ccccc3)ncn2)cc1. The third-order valence-corrected chi connectivity index (χ3v) is 3.56. The van der Waals surface area contributed by atoms with Crippen LogP contribution < -0.4 is 15.4 Å². The molecule has 0 bridgehead atoms. The standard InChI is InChI=1S/C19H18N4O2/c1-25-16-9-7-15(8-10-16)23-18-11-17(21-13-22-18)19(24)20-12-14-5-3-2-4-6-14/h2-11,13H,12H2,1H3,(H,20,24)(H,21,22,23). The smallest absolute Gasteiger partial charge is 0.270 e. The lowest BCUT2D eigenvalue weighted by Crippen LogP contribution is -2.24. The predicted octanol–water partition coefficient (Wildman–Crippen LogP) is 3.16. The van der Waals surface area contributed by atoms with Gasteiger partial charge in [0.25, 0.3) is 5.91 Å². The summed E-state index contributed by atoms with van der Waals surface area (Å²) in [5.41, 5.74) is 2.18. The number of amides is 1. The van der Waals surface area contributed by atoms with Crippen LogP contribution in [-0.4, -0.2) is 23.0 Å². The topological polar surface area (TPSA) is 76.1 Å². The Morgan fingerprint density at radius 2 is 1.80 bits per heavy atom. The molecule has 0 spiro atoms. The Bertz CT molecular complexity index is 836. The summed E-state index contributed by atoms with van der Waals surface area (Å²) in [5, 5.41) is 5.99. The summed E-state index contributed by atoms with van der Waals surface area (Å²) in [4.78, 5) is 20.4. The minimum atomic E-state index is -0.246. The van der Waals surface area contributed by atoms with Crippen LogP contribution in [0.3, 0.4) is 0 Å². The number of rotatable bonds is 6. The fraction of sp³-hybridized carbons (Fsp3) is 0.105. The van der Waals surface area contributed by atoms with Gasteiger partial charge in [-0.15, -0.1) is 0 Å². The molecule has 6 heteroatoms. The van der Waals surface area contributed by atoms with Gasteiger partial charge in [0.05, 0.1) is 7.11 Å². The van der Waals surface area contributed by atoms with Crippen molar-refractivity contribution in [3.8, 4) is 5.75 Å². The van der Waals surface area contributed by atoms with Crippen LogP contribution in [0.15, 0.2) is 67.0 Å². The Hall–Kier alpha value is -3.41. The molecule has 0 saturated heterocycles. The van der Waals surface area contributed by atoms with Crippen molar-refractivity contribution in [3.05, 3.63) is 78.2 Å². The van der Waals surface area contributed by atoms with Crippen LogP contribution in [0.25, 0.3) is 0 Å². The Morgan fingerprint density at radius 3 is 2.52 bits per heavy atom. The Kier molecular flexibility index (Phi) is 5.21. The van der Waals surface area contributed by atoms with E-state index in [2.05, 4.69) is 20.6 Å². The summed E-state index contributed by atoms with van der Waals surface area (Å²) in [6.07, 6.45) is 1.36. The summed E-state index contributed by atoms with van der Waals surface area (Å²) in [5.74, 6) is 1.07. The average molecular weight is 334 g/mol. The van der Waals surface area contributed by atoms with Gasteiger partial charge in [0, 0.05) is 18.3 Å². The Morgan fingerprint density at radius 1 is 1.04 bits per heavy atom. The molecule has 126 valence electrons. The number of hydrogen-bond donors (Lipinski definition) is 2. The lowest BCUT2D eigenvalue weighted by Gasteiger charge is -2.08. The monoisotopic (exact) mass is 334 g/mol. The fourth-order valence-electron chi connectivity index (χ4n) is 2.24. The van der Waals surface area contributed by atoms with Crippen LogP contribution in [0.5, 0.6) is 5.75 Å². The van der Waals surface area contributed by atoms with E-state index in [9.17, 15) is 4.79 Å². The lowest BCUT2D eigenvalue weighted by molar-refractivity contribution is 0.0946. The van der Waals surface area contributed by atoms with Gasteiger partial charge in [-0.05, 0) is 29.8 Å². The highest BCUT2D eigenvalue weighted by Crippen LogP contribution is 2.18. The summed E-state index contributed by atoms with van der Waals surface area (Å²) in [6, 6.07) is 18.8. The molecule has 0 atom stereocenters. The van der Waals surface area contributed by atoms with Crippen molar-refractivity contribution >= 4 is 17.4 Å². The number of methoxy groups -OCH3 is 1. The molecule has 0 fully saturated rings. The number of nitrogens with one attached hydrogen (secondary N) is 2. The molecule has 1 amide bonds. The third-order valence-electron chi connectivity index (χ3n) is 3.56. The van der Waals surface area contributed by atoms with Crippen LogP contribution in [0.4, 0.5) is 11.5 Å². The van der Waals surface area contributed by atoms with Gasteiger partial charge < -0.3 is 15.4 Å². The van der Waals surface area contributed by atoms with E-state index in [1.165, 1.54) is 6.33 Å². The second-order valence-electron chi connectivity index (χ2n) is 5.31. The first-order chi connectivity index (χ1) is 12.2. The number of benzene rings is 2. The Balaban J connectivity index is 1.64. The van der Waals surface area contributed by atoms with Crippen LogP contribution in [0, 0.1) is 0 Å². The number of carbonyl (C=O) groups excluding carboxylic acids is 1. The third kappa shape index (κ3) is 4.54. The number of ether oxygens (including phenoxy) is 1. The summed E-state index contributed by atoms with van der Waals surface area (Å²) in [7, 11) is 1.62. The van der Waals surface area contributed by atoms with Gasteiger partial charge in [0.1, 0.15) is 23.6 Å². The first kappa shape index (κ1) is 16.4. The van der Waals surface area contributed by atoms with Crippen LogP contribution in [-0.2, 0) is 6.54 Å². The highest BCUT2D eigenvalue weighted by atomic mass is 16.5. The number of anilines is 2. The molecule has 1 aromatic heterocycles. The summed E-state index contributed by atoms with van der Waals surface area (Å²) >= 11 is 0. The van der Waals surface area contributed by atoms with E-state index in [0.717, 1.165) is 17.0 Å². The van der Waals surface area contributed by atoms with Crippen molar-refractivity contribution in [2.75, 3.05) is 12.4 Å². The molecule has 1 heterocycles. The lowest BCUT2D eigenvalue weighted by atomic mass is 10.2. The van der Waals surface area contributed by atoms with Crippen molar-refractivity contribution in [1.82, 2.24) is 15.3 Å². The van der Waals surface area contributed by atoms with Crippen LogP contribution in [0.2, 0.25) is 0 Å². The molecule has 0 aliphatic rings. The van der Waals surface area contributed by atoms with Gasteiger partial charge in [0.15, 0.2) is 0 Å². The van der Waals surface area contributed by atoms with Crippen molar-refractivity contribution in [2.45, 2.75) is 6.54 Å². The van der Waals surface area contributed by atoms with Gasteiger partial charge in [-0.3, -0.25) is 4.79 Å². The van der Waals surface area contributed by atoms with Crippen LogP contribution in [0.1, 0.15) is 16.1 Å². The highest BCUT2D eigenvalue weighted by Gasteiger charge is 2.08. The summed E-state index contributed by atoms with van der Waals surface area (Å²) < 4.78 is 5.13. The van der Waals surface area contributed by atoms with Crippen molar-refractivity contribution < 1.29 is 9.53 Å². The Labute approximate surface area is 145 Å². The molecule has 25 heavy (non-hydrogen) atoms. The molecule has 3 aromatic rings. The number of carbonyl (C=O) groups is 1. The number of nitrogens with zero attached hydrogens (tertiary/aromatic N) is 2. The van der Waals surface area contributed by atoms with E-state index in [0.29, 0.717) is 18.1 Å². The maximum absolute atomic E-state index is 12.3. The van der Waals surface area contributed by atoms with Gasteiger partial charge in [-0.2, -0.15) is 0 Å². The minimum absolute atomic E-state index is 0.246. The first-order valence-electron chi connectivity index (χ1n) is 7.80. The van der Waals surface area contributed by atoms with Gasteiger partial charge in [-0.25, -0.2) is 9.97 Å². The van der Waals surface area contributed by atoms with Crippen molar-refractivity contribution in [2.24, 2.45) is 0 Å². The largest absolute Gasteiger partial charge is 0.497 e. The molecule has 6 nitrogen and oxygen atoms in total. The molecule has 0 aliphatic heterocycles. The zero-order valence-corrected chi connectivity index (χ0v) is 13.8. The fourth-order valence-corrected chi connectivity index (χ4v) is 2.24. The molecule has 0 unspecified atom stereocenters. The minimum Gasteiger partial charge on any atom is -0.497 e. The van der Waals surface area contributed by atoms with Gasteiger partial charge in [0.2, 0.25) is 0 Å². The van der Waals surface area contributed by atoms with Gasteiger partial charge >= 0.3 is 0 Å². The number of hydrogen-bond acceptors (Lipinski definition) is 5. The molecule has 2 N–H and O–H groups in total. The second kappa shape index (κ2) is 7.92. The van der Waals surface area contributed by atoms with E-state index in [-0.39, 0.29) is 5.91 Å². The first-order valence-corrected chi connectivity index (χ1v) is 7.80. The zero-order chi connectivity index (χ0) is 17.5. The molecular formula is C19H18N4O2. The quantitative estimate of drug-likeness (QED) is 0.724. The predicted molar refractivity (Wildman–Crippen MR) is 95.9 cm³/mol. The summed E-state index contributed by atoms with van der Waals surface area (Å²) in [6.45, 7) is 0.449. The van der Waals surface area contributed by atoms with E-state index in [1.807, 2.05) is 54.6 Å². The van der Waals surface area contributed by atoms with Crippen molar-refractivity contribution in [1.29, 1.82) is 0 Å². The van der Waals surface area contributed by atoms with E-state index < -0.39 is 0 Å².